The zero-order valence-electron chi connectivity index (χ0n) is 11.8. The summed E-state index contributed by atoms with van der Waals surface area (Å²) in [4.78, 5) is 12.0. The normalized spacial score (nSPS) is 10.8. The molecule has 0 fully saturated rings. The molecule has 1 N–H and O–H groups in total. The highest BCUT2D eigenvalue weighted by molar-refractivity contribution is 9.10. The lowest BCUT2D eigenvalue weighted by Crippen LogP contribution is -2.17. The molecule has 8 heteroatoms. The highest BCUT2D eigenvalue weighted by Gasteiger charge is 2.05. The van der Waals surface area contributed by atoms with Crippen LogP contribution in [0.25, 0.3) is 5.69 Å². The molecule has 0 aliphatic carbocycles. The fourth-order valence-corrected chi connectivity index (χ4v) is 2.24. The molecule has 1 aromatic heterocycles. The first kappa shape index (κ1) is 15.0. The van der Waals surface area contributed by atoms with Crippen LogP contribution in [0.2, 0.25) is 0 Å². The Balaban J connectivity index is 1.66. The molecule has 3 aromatic rings. The molecule has 114 valence electrons. The second kappa shape index (κ2) is 6.93. The molecule has 0 aliphatic rings. The largest absolute Gasteiger partial charge is 0.271 e. The summed E-state index contributed by atoms with van der Waals surface area (Å²) in [6, 6.07) is 14.5. The van der Waals surface area contributed by atoms with Crippen molar-refractivity contribution in [3.05, 3.63) is 70.5 Å². The number of carbonyl (C=O) groups excluding carboxylic acids is 1. The van der Waals surface area contributed by atoms with E-state index in [1.54, 1.807) is 30.5 Å². The van der Waals surface area contributed by atoms with Gasteiger partial charge in [0.15, 0.2) is 0 Å². The lowest BCUT2D eigenvalue weighted by atomic mass is 10.2. The van der Waals surface area contributed by atoms with Gasteiger partial charge >= 0.3 is 0 Å². The number of aromatic nitrogens is 4. The Bertz CT molecular complexity index is 829. The maximum atomic E-state index is 12.0. The Morgan fingerprint density at radius 1 is 1.17 bits per heavy atom. The smallest absolute Gasteiger partial charge is 0.267 e. The van der Waals surface area contributed by atoms with Crippen LogP contribution in [-0.2, 0) is 0 Å². The molecule has 0 bridgehead atoms. The van der Waals surface area contributed by atoms with Crippen molar-refractivity contribution in [3.63, 3.8) is 0 Å². The Labute approximate surface area is 140 Å². The molecule has 0 unspecified atom stereocenters. The van der Waals surface area contributed by atoms with Crippen molar-refractivity contribution < 1.29 is 4.79 Å². The van der Waals surface area contributed by atoms with Crippen molar-refractivity contribution in [2.45, 2.75) is 0 Å². The predicted molar refractivity (Wildman–Crippen MR) is 88.4 cm³/mol. The fraction of sp³-hybridized carbons (Fsp3) is 0. The number of tetrazole rings is 1. The number of hydrogen-bond donors (Lipinski definition) is 1. The third kappa shape index (κ3) is 3.67. The number of halogens is 1. The lowest BCUT2D eigenvalue weighted by molar-refractivity contribution is 0.0955. The Kier molecular flexibility index (Phi) is 4.53. The van der Waals surface area contributed by atoms with Crippen molar-refractivity contribution in [2.75, 3.05) is 0 Å². The maximum Gasteiger partial charge on any atom is 0.271 e. The van der Waals surface area contributed by atoms with Gasteiger partial charge in [0.05, 0.1) is 11.9 Å². The number of amides is 1. The van der Waals surface area contributed by atoms with E-state index in [1.165, 1.54) is 11.0 Å². The van der Waals surface area contributed by atoms with Gasteiger partial charge in [-0.25, -0.2) is 10.1 Å². The summed E-state index contributed by atoms with van der Waals surface area (Å²) in [5.74, 6) is -0.295. The van der Waals surface area contributed by atoms with E-state index in [9.17, 15) is 4.79 Å². The molecule has 3 rings (SSSR count). The molecule has 0 saturated carbocycles. The third-order valence-electron chi connectivity index (χ3n) is 3.02. The van der Waals surface area contributed by atoms with Crippen LogP contribution < -0.4 is 5.43 Å². The number of hydrogen-bond acceptors (Lipinski definition) is 5. The summed E-state index contributed by atoms with van der Waals surface area (Å²) < 4.78 is 2.41. The van der Waals surface area contributed by atoms with Crippen molar-refractivity contribution in [2.24, 2.45) is 5.10 Å². The molecule has 7 nitrogen and oxygen atoms in total. The number of rotatable bonds is 4. The SMILES string of the molecule is O=C(N/N=C/c1ccccc1Br)c1ccc(-n2cnnn2)cc1. The Hall–Kier alpha value is -2.87. The van der Waals surface area contributed by atoms with Crippen molar-refractivity contribution in [1.82, 2.24) is 25.6 Å². The van der Waals surface area contributed by atoms with E-state index in [2.05, 4.69) is 42.0 Å². The molecule has 0 aliphatic heterocycles. The highest BCUT2D eigenvalue weighted by Crippen LogP contribution is 2.13. The molecule has 0 spiro atoms. The van der Waals surface area contributed by atoms with Gasteiger partial charge in [-0.05, 0) is 40.8 Å². The third-order valence-corrected chi connectivity index (χ3v) is 3.74. The predicted octanol–water partition coefficient (Wildman–Crippen LogP) is 2.19. The zero-order chi connectivity index (χ0) is 16.1. The first-order valence-corrected chi connectivity index (χ1v) is 7.45. The fourth-order valence-electron chi connectivity index (χ4n) is 1.85. The van der Waals surface area contributed by atoms with Gasteiger partial charge in [-0.1, -0.05) is 34.1 Å². The van der Waals surface area contributed by atoms with Gasteiger partial charge < -0.3 is 0 Å². The molecule has 0 radical (unpaired) electrons. The van der Waals surface area contributed by atoms with Crippen LogP contribution in [0.5, 0.6) is 0 Å². The van der Waals surface area contributed by atoms with E-state index >= 15 is 0 Å². The lowest BCUT2D eigenvalue weighted by Gasteiger charge is -2.02. The van der Waals surface area contributed by atoms with E-state index in [0.717, 1.165) is 15.7 Å². The molecule has 1 amide bonds. The van der Waals surface area contributed by atoms with Crippen LogP contribution in [0.3, 0.4) is 0 Å². The summed E-state index contributed by atoms with van der Waals surface area (Å²) in [5.41, 5.74) is 4.63. The molecule has 23 heavy (non-hydrogen) atoms. The summed E-state index contributed by atoms with van der Waals surface area (Å²) >= 11 is 3.41. The summed E-state index contributed by atoms with van der Waals surface area (Å²) in [7, 11) is 0. The minimum Gasteiger partial charge on any atom is -0.267 e. The maximum absolute atomic E-state index is 12.0. The monoisotopic (exact) mass is 370 g/mol. The number of benzene rings is 2. The van der Waals surface area contributed by atoms with Gasteiger partial charge in [0.1, 0.15) is 6.33 Å². The molecule has 0 atom stereocenters. The minimum atomic E-state index is -0.295. The molecule has 0 saturated heterocycles. The first-order chi connectivity index (χ1) is 11.2. The minimum absolute atomic E-state index is 0.295. The average molecular weight is 371 g/mol. The van der Waals surface area contributed by atoms with Crippen LogP contribution in [-0.4, -0.2) is 32.3 Å². The van der Waals surface area contributed by atoms with Crippen LogP contribution in [0.1, 0.15) is 15.9 Å². The van der Waals surface area contributed by atoms with Gasteiger partial charge in [-0.3, -0.25) is 4.79 Å². The van der Waals surface area contributed by atoms with E-state index in [1.807, 2.05) is 24.3 Å². The number of hydrazone groups is 1. The number of carbonyl (C=O) groups is 1. The van der Waals surface area contributed by atoms with E-state index in [-0.39, 0.29) is 5.91 Å². The van der Waals surface area contributed by atoms with Gasteiger partial charge in [-0.2, -0.15) is 5.10 Å². The average Bonchev–Trinajstić information content (AvgIpc) is 3.11. The topological polar surface area (TPSA) is 85.1 Å². The van der Waals surface area contributed by atoms with Crippen LogP contribution >= 0.6 is 15.9 Å². The first-order valence-electron chi connectivity index (χ1n) is 6.65. The molecule has 1 heterocycles. The van der Waals surface area contributed by atoms with E-state index in [0.29, 0.717) is 5.56 Å². The molecular weight excluding hydrogens is 360 g/mol. The Morgan fingerprint density at radius 3 is 2.65 bits per heavy atom. The zero-order valence-corrected chi connectivity index (χ0v) is 13.4. The second-order valence-electron chi connectivity index (χ2n) is 4.52. The van der Waals surface area contributed by atoms with Gasteiger partial charge in [-0.15, -0.1) is 5.10 Å². The highest BCUT2D eigenvalue weighted by atomic mass is 79.9. The van der Waals surface area contributed by atoms with E-state index in [4.69, 9.17) is 0 Å². The van der Waals surface area contributed by atoms with E-state index < -0.39 is 0 Å². The summed E-state index contributed by atoms with van der Waals surface area (Å²) in [6.45, 7) is 0. The van der Waals surface area contributed by atoms with Gasteiger partial charge in [0.25, 0.3) is 5.91 Å². The molecular formula is C15H11BrN6O. The van der Waals surface area contributed by atoms with Crippen molar-refractivity contribution in [1.29, 1.82) is 0 Å². The van der Waals surface area contributed by atoms with Crippen LogP contribution in [0, 0.1) is 0 Å². The summed E-state index contributed by atoms with van der Waals surface area (Å²) in [5, 5.41) is 14.9. The Morgan fingerprint density at radius 2 is 1.96 bits per heavy atom. The quantitative estimate of drug-likeness (QED) is 0.563. The standard InChI is InChI=1S/C15H11BrN6O/c16-14-4-2-1-3-12(14)9-17-19-15(23)11-5-7-13(8-6-11)22-10-18-20-21-22/h1-10H,(H,19,23)/b17-9+. The van der Waals surface area contributed by atoms with Gasteiger partial charge in [0, 0.05) is 15.6 Å². The van der Waals surface area contributed by atoms with Crippen molar-refractivity contribution in [3.8, 4) is 5.69 Å². The molecule has 2 aromatic carbocycles. The van der Waals surface area contributed by atoms with Crippen LogP contribution in [0.15, 0.2) is 64.4 Å². The van der Waals surface area contributed by atoms with Crippen molar-refractivity contribution >= 4 is 28.1 Å². The summed E-state index contributed by atoms with van der Waals surface area (Å²) in [6.07, 6.45) is 3.06. The number of nitrogens with zero attached hydrogens (tertiary/aromatic N) is 5. The second-order valence-corrected chi connectivity index (χ2v) is 5.38. The van der Waals surface area contributed by atoms with Crippen LogP contribution in [0.4, 0.5) is 0 Å². The van der Waals surface area contributed by atoms with Gasteiger partial charge in [0.2, 0.25) is 0 Å². The number of nitrogens with one attached hydrogen (secondary N) is 1.